The lowest BCUT2D eigenvalue weighted by atomic mass is 9.86. The molecule has 2 atom stereocenters. The second-order valence-corrected chi connectivity index (χ2v) is 7.89. The first-order valence-corrected chi connectivity index (χ1v) is 10.1. The molecule has 0 spiro atoms. The van der Waals surface area contributed by atoms with Gasteiger partial charge in [-0.25, -0.2) is 4.79 Å². The number of fused-ring (bicyclic) bond motifs is 3. The molecule has 26 heavy (non-hydrogen) atoms. The Balaban J connectivity index is 1.52. The smallest absolute Gasteiger partial charge is 0.328 e. The van der Waals surface area contributed by atoms with Crippen molar-refractivity contribution >= 4 is 5.97 Å². The Kier molecular flexibility index (Phi) is 5.46. The van der Waals surface area contributed by atoms with Crippen molar-refractivity contribution in [2.45, 2.75) is 44.2 Å². The van der Waals surface area contributed by atoms with Crippen LogP contribution in [-0.2, 0) is 9.53 Å². The number of benzene rings is 1. The standard InChI is InChI=1S/C21H30N2O3/c1-25-18-7-5-17(6-8-18)20(23-11-3-2-4-12-23)21(24)26-19-15-22-13-9-16(19)10-14-22/h5-8,16,19-20H,2-4,9-15H2,1H3. The third kappa shape index (κ3) is 3.74. The van der Waals surface area contributed by atoms with E-state index >= 15 is 0 Å². The zero-order valence-electron chi connectivity index (χ0n) is 15.7. The van der Waals surface area contributed by atoms with E-state index < -0.39 is 0 Å². The molecule has 0 saturated carbocycles. The Hall–Kier alpha value is -1.59. The van der Waals surface area contributed by atoms with Crippen molar-refractivity contribution in [3.8, 4) is 5.75 Å². The fraction of sp³-hybridized carbons (Fsp3) is 0.667. The first-order chi connectivity index (χ1) is 12.7. The van der Waals surface area contributed by atoms with E-state index in [1.807, 2.05) is 24.3 Å². The predicted molar refractivity (Wildman–Crippen MR) is 100 cm³/mol. The van der Waals surface area contributed by atoms with Crippen molar-refractivity contribution in [1.82, 2.24) is 9.80 Å². The molecule has 5 heteroatoms. The number of carbonyl (C=O) groups is 1. The minimum absolute atomic E-state index is 0.0653. The summed E-state index contributed by atoms with van der Waals surface area (Å²) in [5.74, 6) is 1.29. The highest BCUT2D eigenvalue weighted by Gasteiger charge is 2.39. The van der Waals surface area contributed by atoms with E-state index in [1.54, 1.807) is 7.11 Å². The summed E-state index contributed by atoms with van der Waals surface area (Å²) >= 11 is 0. The molecule has 4 fully saturated rings. The lowest BCUT2D eigenvalue weighted by molar-refractivity contribution is -0.166. The molecule has 4 heterocycles. The van der Waals surface area contributed by atoms with Crippen molar-refractivity contribution in [2.24, 2.45) is 5.92 Å². The molecule has 2 bridgehead atoms. The molecule has 1 aromatic carbocycles. The molecule has 0 amide bonds. The van der Waals surface area contributed by atoms with Gasteiger partial charge >= 0.3 is 5.97 Å². The molecule has 0 aromatic heterocycles. The molecule has 4 aliphatic rings. The van der Waals surface area contributed by atoms with Crippen LogP contribution < -0.4 is 4.74 Å². The molecule has 142 valence electrons. The van der Waals surface area contributed by atoms with Crippen molar-refractivity contribution in [2.75, 3.05) is 39.8 Å². The number of ether oxygens (including phenoxy) is 2. The summed E-state index contributed by atoms with van der Waals surface area (Å²) in [4.78, 5) is 18.0. The van der Waals surface area contributed by atoms with Gasteiger partial charge in [-0.2, -0.15) is 0 Å². The van der Waals surface area contributed by atoms with Crippen LogP contribution in [0.2, 0.25) is 0 Å². The van der Waals surface area contributed by atoms with E-state index in [4.69, 9.17) is 9.47 Å². The van der Waals surface area contributed by atoms with E-state index in [2.05, 4.69) is 9.80 Å². The van der Waals surface area contributed by atoms with Gasteiger partial charge in [0, 0.05) is 6.54 Å². The average molecular weight is 358 g/mol. The van der Waals surface area contributed by atoms with Crippen LogP contribution >= 0.6 is 0 Å². The molecular weight excluding hydrogens is 328 g/mol. The molecule has 5 rings (SSSR count). The number of piperidine rings is 4. The number of carbonyl (C=O) groups excluding carboxylic acids is 1. The molecule has 4 saturated heterocycles. The van der Waals surface area contributed by atoms with E-state index in [9.17, 15) is 4.79 Å². The largest absolute Gasteiger partial charge is 0.497 e. The molecule has 5 nitrogen and oxygen atoms in total. The highest BCUT2D eigenvalue weighted by atomic mass is 16.5. The monoisotopic (exact) mass is 358 g/mol. The van der Waals surface area contributed by atoms with Crippen LogP contribution in [0.15, 0.2) is 24.3 Å². The fourth-order valence-electron chi connectivity index (χ4n) is 4.72. The van der Waals surface area contributed by atoms with Crippen LogP contribution in [0.3, 0.4) is 0 Å². The number of esters is 1. The highest BCUT2D eigenvalue weighted by Crippen LogP contribution is 2.33. The molecular formula is C21H30N2O3. The minimum Gasteiger partial charge on any atom is -0.497 e. The van der Waals surface area contributed by atoms with Gasteiger partial charge in [0.25, 0.3) is 0 Å². The maximum Gasteiger partial charge on any atom is 0.328 e. The first-order valence-electron chi connectivity index (χ1n) is 10.1. The lowest BCUT2D eigenvalue weighted by Gasteiger charge is -2.44. The molecule has 0 N–H and O–H groups in total. The van der Waals surface area contributed by atoms with Gasteiger partial charge in [-0.3, -0.25) is 9.80 Å². The first kappa shape index (κ1) is 17.8. The topological polar surface area (TPSA) is 42.0 Å². The van der Waals surface area contributed by atoms with Crippen molar-refractivity contribution < 1.29 is 14.3 Å². The Morgan fingerprint density at radius 1 is 1.04 bits per heavy atom. The number of rotatable bonds is 5. The van der Waals surface area contributed by atoms with E-state index in [0.29, 0.717) is 5.92 Å². The van der Waals surface area contributed by atoms with Gasteiger partial charge in [-0.1, -0.05) is 18.6 Å². The number of likely N-dealkylation sites (tertiary alicyclic amines) is 1. The average Bonchev–Trinajstić information content (AvgIpc) is 2.70. The van der Waals surface area contributed by atoms with Gasteiger partial charge in [0.05, 0.1) is 7.11 Å². The van der Waals surface area contributed by atoms with Crippen molar-refractivity contribution in [1.29, 1.82) is 0 Å². The summed E-state index contributed by atoms with van der Waals surface area (Å²) in [7, 11) is 1.67. The molecule has 1 aromatic rings. The van der Waals surface area contributed by atoms with Gasteiger partial charge in [-0.05, 0) is 75.5 Å². The number of methoxy groups -OCH3 is 1. The van der Waals surface area contributed by atoms with Crippen LogP contribution in [0, 0.1) is 5.92 Å². The Labute approximate surface area is 156 Å². The summed E-state index contributed by atoms with van der Waals surface area (Å²) in [6, 6.07) is 7.60. The number of nitrogens with zero attached hydrogens (tertiary/aromatic N) is 2. The van der Waals surface area contributed by atoms with Crippen LogP contribution in [-0.4, -0.2) is 61.7 Å². The summed E-state index contributed by atoms with van der Waals surface area (Å²) in [5.41, 5.74) is 1.01. The van der Waals surface area contributed by atoms with E-state index in [0.717, 1.165) is 69.7 Å². The third-order valence-corrected chi connectivity index (χ3v) is 6.27. The Morgan fingerprint density at radius 2 is 1.73 bits per heavy atom. The summed E-state index contributed by atoms with van der Waals surface area (Å²) < 4.78 is 11.4. The van der Waals surface area contributed by atoms with Crippen LogP contribution in [0.1, 0.15) is 43.7 Å². The van der Waals surface area contributed by atoms with Crippen LogP contribution in [0.5, 0.6) is 5.75 Å². The maximum atomic E-state index is 13.2. The van der Waals surface area contributed by atoms with Crippen LogP contribution in [0.25, 0.3) is 0 Å². The van der Waals surface area contributed by atoms with Gasteiger partial charge in [0.1, 0.15) is 17.9 Å². The van der Waals surface area contributed by atoms with Gasteiger partial charge < -0.3 is 9.47 Å². The third-order valence-electron chi connectivity index (χ3n) is 6.27. The zero-order chi connectivity index (χ0) is 17.9. The van der Waals surface area contributed by atoms with Gasteiger partial charge in [0.15, 0.2) is 0 Å². The van der Waals surface area contributed by atoms with Crippen molar-refractivity contribution in [3.63, 3.8) is 0 Å². The summed E-state index contributed by atoms with van der Waals surface area (Å²) in [6.07, 6.45) is 5.94. The zero-order valence-corrected chi connectivity index (χ0v) is 15.7. The number of hydrogen-bond acceptors (Lipinski definition) is 5. The molecule has 0 aliphatic carbocycles. The molecule has 2 unspecified atom stereocenters. The second kappa shape index (κ2) is 7.97. The van der Waals surface area contributed by atoms with Crippen molar-refractivity contribution in [3.05, 3.63) is 29.8 Å². The fourth-order valence-corrected chi connectivity index (χ4v) is 4.72. The molecule has 4 aliphatic heterocycles. The minimum atomic E-state index is -0.295. The second-order valence-electron chi connectivity index (χ2n) is 7.89. The summed E-state index contributed by atoms with van der Waals surface area (Å²) in [6.45, 7) is 5.16. The maximum absolute atomic E-state index is 13.2. The molecule has 0 radical (unpaired) electrons. The highest BCUT2D eigenvalue weighted by molar-refractivity contribution is 5.78. The lowest BCUT2D eigenvalue weighted by Crippen LogP contribution is -2.52. The Bertz CT molecular complexity index is 604. The van der Waals surface area contributed by atoms with Gasteiger partial charge in [-0.15, -0.1) is 0 Å². The summed E-state index contributed by atoms with van der Waals surface area (Å²) in [5, 5.41) is 0. The quantitative estimate of drug-likeness (QED) is 0.757. The van der Waals surface area contributed by atoms with E-state index in [1.165, 1.54) is 6.42 Å². The Morgan fingerprint density at radius 3 is 2.31 bits per heavy atom. The van der Waals surface area contributed by atoms with Crippen LogP contribution in [0.4, 0.5) is 0 Å². The SMILES string of the molecule is COc1ccc(C(C(=O)OC2CN3CCC2CC3)N2CCCCC2)cc1. The predicted octanol–water partition coefficient (Wildman–Crippen LogP) is 2.86. The van der Waals surface area contributed by atoms with E-state index in [-0.39, 0.29) is 18.1 Å². The number of hydrogen-bond donors (Lipinski definition) is 0. The van der Waals surface area contributed by atoms with Gasteiger partial charge in [0.2, 0.25) is 0 Å². The normalized spacial score (nSPS) is 30.0.